The fourth-order valence-corrected chi connectivity index (χ4v) is 6.35. The van der Waals surface area contributed by atoms with E-state index in [0.717, 1.165) is 32.7 Å². The van der Waals surface area contributed by atoms with Crippen molar-refractivity contribution in [1.29, 1.82) is 0 Å². The number of thiophene rings is 1. The van der Waals surface area contributed by atoms with E-state index >= 15 is 0 Å². The second kappa shape index (κ2) is 10.8. The first-order valence-electron chi connectivity index (χ1n) is 13.0. The molecule has 1 aromatic heterocycles. The summed E-state index contributed by atoms with van der Waals surface area (Å²) in [5.74, 6) is -0.275. The molecule has 0 saturated carbocycles. The van der Waals surface area contributed by atoms with Crippen molar-refractivity contribution < 1.29 is 9.53 Å². The van der Waals surface area contributed by atoms with Gasteiger partial charge in [0.1, 0.15) is 4.88 Å². The van der Waals surface area contributed by atoms with Crippen LogP contribution in [0.5, 0.6) is 0 Å². The second-order valence-electron chi connectivity index (χ2n) is 9.95. The molecular weight excluding hydrogens is 484 g/mol. The number of hydrogen-bond donors (Lipinski definition) is 0. The van der Waals surface area contributed by atoms with E-state index in [0.29, 0.717) is 11.5 Å². The van der Waals surface area contributed by atoms with Gasteiger partial charge in [-0.3, -0.25) is 0 Å². The van der Waals surface area contributed by atoms with Crippen LogP contribution in [0.4, 0.5) is 0 Å². The molecule has 3 heteroatoms. The van der Waals surface area contributed by atoms with Gasteiger partial charge in [-0.25, -0.2) is 4.79 Å². The van der Waals surface area contributed by atoms with Gasteiger partial charge >= 0.3 is 5.97 Å². The molecule has 2 nitrogen and oxygen atoms in total. The lowest BCUT2D eigenvalue weighted by Gasteiger charge is -2.17. The first kappa shape index (κ1) is 25.7. The minimum absolute atomic E-state index is 0.275. The van der Waals surface area contributed by atoms with E-state index in [1.54, 1.807) is 0 Å². The molecular formula is C35H32O2S. The number of benzene rings is 4. The van der Waals surface area contributed by atoms with Crippen LogP contribution in [0, 0.1) is 0 Å². The lowest BCUT2D eigenvalue weighted by Crippen LogP contribution is -2.01. The van der Waals surface area contributed by atoms with Crippen molar-refractivity contribution in [3.8, 4) is 0 Å². The van der Waals surface area contributed by atoms with E-state index in [-0.39, 0.29) is 5.97 Å². The summed E-state index contributed by atoms with van der Waals surface area (Å²) in [6.07, 6.45) is 0. The average Bonchev–Trinajstić information content (AvgIpc) is 3.32. The minimum Gasteiger partial charge on any atom is -0.462 e. The average molecular weight is 517 g/mol. The predicted octanol–water partition coefficient (Wildman–Crippen LogP) is 9.91. The van der Waals surface area contributed by atoms with Crippen LogP contribution in [-0.2, 0) is 4.74 Å². The Labute approximate surface area is 228 Å². The van der Waals surface area contributed by atoms with Gasteiger partial charge in [0.05, 0.1) is 6.61 Å². The molecule has 4 aromatic carbocycles. The Balaban J connectivity index is 1.76. The highest BCUT2D eigenvalue weighted by molar-refractivity contribution is 7.15. The number of ether oxygens (including phenoxy) is 1. The SMILES string of the molecule is CCOC(=O)c1cc(C(=C(C)C)c2ccc3ccccc3c2)c(C(=C(C)C)c2ccc3ccccc3c2)s1. The molecule has 0 N–H and O–H groups in total. The fourth-order valence-electron chi connectivity index (χ4n) is 5.12. The predicted molar refractivity (Wildman–Crippen MR) is 163 cm³/mol. The molecule has 0 saturated heterocycles. The van der Waals surface area contributed by atoms with E-state index in [1.807, 2.05) is 13.0 Å². The Morgan fingerprint density at radius 1 is 0.658 bits per heavy atom. The van der Waals surface area contributed by atoms with Gasteiger partial charge < -0.3 is 4.74 Å². The van der Waals surface area contributed by atoms with Gasteiger partial charge in [0.25, 0.3) is 0 Å². The van der Waals surface area contributed by atoms with Crippen LogP contribution >= 0.6 is 11.3 Å². The summed E-state index contributed by atoms with van der Waals surface area (Å²) < 4.78 is 5.44. The van der Waals surface area contributed by atoms with E-state index in [1.165, 1.54) is 44.0 Å². The van der Waals surface area contributed by atoms with Gasteiger partial charge in [-0.05, 0) is 96.6 Å². The zero-order valence-electron chi connectivity index (χ0n) is 22.6. The summed E-state index contributed by atoms with van der Waals surface area (Å²) in [5, 5.41) is 4.82. The highest BCUT2D eigenvalue weighted by Gasteiger charge is 2.24. The van der Waals surface area contributed by atoms with Crippen LogP contribution in [0.2, 0.25) is 0 Å². The number of esters is 1. The largest absolute Gasteiger partial charge is 0.462 e. The zero-order chi connectivity index (χ0) is 26.8. The van der Waals surface area contributed by atoms with Gasteiger partial charge in [-0.1, -0.05) is 83.9 Å². The van der Waals surface area contributed by atoms with Gasteiger partial charge in [0.15, 0.2) is 0 Å². The van der Waals surface area contributed by atoms with Gasteiger partial charge in [0, 0.05) is 10.4 Å². The molecule has 0 aliphatic rings. The summed E-state index contributed by atoms with van der Waals surface area (Å²) >= 11 is 1.52. The summed E-state index contributed by atoms with van der Waals surface area (Å²) in [6.45, 7) is 10.8. The highest BCUT2D eigenvalue weighted by atomic mass is 32.1. The van der Waals surface area contributed by atoms with Crippen LogP contribution in [-0.4, -0.2) is 12.6 Å². The minimum atomic E-state index is -0.275. The second-order valence-corrected chi connectivity index (χ2v) is 11.0. The van der Waals surface area contributed by atoms with E-state index in [2.05, 4.69) is 113 Å². The summed E-state index contributed by atoms with van der Waals surface area (Å²) in [4.78, 5) is 14.7. The van der Waals surface area contributed by atoms with Gasteiger partial charge in [0.2, 0.25) is 0 Å². The zero-order valence-corrected chi connectivity index (χ0v) is 23.4. The van der Waals surface area contributed by atoms with Crippen LogP contribution in [0.15, 0.2) is 102 Å². The molecule has 0 aliphatic heterocycles. The van der Waals surface area contributed by atoms with Gasteiger partial charge in [-0.2, -0.15) is 0 Å². The molecule has 0 spiro atoms. The first-order valence-corrected chi connectivity index (χ1v) is 13.8. The van der Waals surface area contributed by atoms with Crippen molar-refractivity contribution in [1.82, 2.24) is 0 Å². The number of fused-ring (bicyclic) bond motifs is 2. The van der Waals surface area contributed by atoms with Crippen molar-refractivity contribution >= 4 is 50.0 Å². The highest BCUT2D eigenvalue weighted by Crippen LogP contribution is 2.42. The molecule has 5 aromatic rings. The van der Waals surface area contributed by atoms with E-state index < -0.39 is 0 Å². The van der Waals surface area contributed by atoms with Crippen molar-refractivity contribution in [2.75, 3.05) is 6.61 Å². The number of rotatable bonds is 6. The van der Waals surface area contributed by atoms with Crippen LogP contribution in [0.1, 0.15) is 65.9 Å². The third-order valence-corrected chi connectivity index (χ3v) is 7.91. The van der Waals surface area contributed by atoms with E-state index in [9.17, 15) is 4.79 Å². The topological polar surface area (TPSA) is 26.3 Å². The maximum absolute atomic E-state index is 13.0. The molecule has 0 fully saturated rings. The molecule has 0 unspecified atom stereocenters. The molecule has 0 bridgehead atoms. The number of hydrogen-bond acceptors (Lipinski definition) is 3. The first-order chi connectivity index (χ1) is 18.4. The molecule has 38 heavy (non-hydrogen) atoms. The van der Waals surface area contributed by atoms with Gasteiger partial charge in [-0.15, -0.1) is 11.3 Å². The van der Waals surface area contributed by atoms with E-state index in [4.69, 9.17) is 4.74 Å². The fraction of sp³-hybridized carbons (Fsp3) is 0.171. The lowest BCUT2D eigenvalue weighted by molar-refractivity contribution is 0.0532. The third-order valence-electron chi connectivity index (χ3n) is 6.78. The van der Waals surface area contributed by atoms with Crippen molar-refractivity contribution in [3.63, 3.8) is 0 Å². The third kappa shape index (κ3) is 4.94. The Morgan fingerprint density at radius 2 is 1.16 bits per heavy atom. The molecule has 1 heterocycles. The Kier molecular flexibility index (Phi) is 7.31. The normalized spacial score (nSPS) is 11.0. The van der Waals surface area contributed by atoms with Crippen LogP contribution in [0.25, 0.3) is 32.7 Å². The van der Waals surface area contributed by atoms with Crippen molar-refractivity contribution in [2.24, 2.45) is 0 Å². The Hall–Kier alpha value is -3.95. The molecule has 0 atom stereocenters. The number of carbonyl (C=O) groups is 1. The van der Waals surface area contributed by atoms with Crippen molar-refractivity contribution in [3.05, 3.63) is 129 Å². The Morgan fingerprint density at radius 3 is 1.66 bits per heavy atom. The summed E-state index contributed by atoms with van der Waals surface area (Å²) in [6, 6.07) is 32.1. The van der Waals surface area contributed by atoms with Crippen molar-refractivity contribution in [2.45, 2.75) is 34.6 Å². The standard InChI is InChI=1S/C35H32O2S/c1-6-37-35(36)31-21-30(32(22(2)3)28-17-15-24-11-7-9-13-26(24)19-28)34(38-31)33(23(4)5)29-18-16-25-12-8-10-14-27(25)20-29/h7-21H,6H2,1-5H3. The number of carbonyl (C=O) groups excluding carboxylic acids is 1. The monoisotopic (exact) mass is 516 g/mol. The van der Waals surface area contributed by atoms with Crippen LogP contribution < -0.4 is 0 Å². The lowest BCUT2D eigenvalue weighted by atomic mass is 9.88. The molecule has 5 rings (SSSR count). The summed E-state index contributed by atoms with van der Waals surface area (Å²) in [7, 11) is 0. The smallest absolute Gasteiger partial charge is 0.348 e. The maximum Gasteiger partial charge on any atom is 0.348 e. The maximum atomic E-state index is 13.0. The quantitative estimate of drug-likeness (QED) is 0.210. The molecule has 190 valence electrons. The van der Waals surface area contributed by atoms with Crippen LogP contribution in [0.3, 0.4) is 0 Å². The molecule has 0 aliphatic carbocycles. The summed E-state index contributed by atoms with van der Waals surface area (Å²) in [5.41, 5.74) is 8.06. The Bertz CT molecular complexity index is 1610. The molecule has 0 radical (unpaired) electrons. The number of allylic oxidation sites excluding steroid dienone is 2. The molecule has 0 amide bonds.